The Hall–Kier alpha value is -1.02. The fraction of sp³-hybridized carbons (Fsp3) is 0.647. The highest BCUT2D eigenvalue weighted by Gasteiger charge is 2.41. The molecule has 1 aromatic carbocycles. The number of aliphatic hydroxyl groups is 1. The van der Waals surface area contributed by atoms with Gasteiger partial charge in [0.1, 0.15) is 5.75 Å². The largest absolute Gasteiger partial charge is 0.496 e. The second-order valence-electron chi connectivity index (χ2n) is 6.81. The Bertz CT molecular complexity index is 476. The normalized spacial score (nSPS) is 26.2. The Balaban J connectivity index is 2.49. The van der Waals surface area contributed by atoms with Crippen molar-refractivity contribution in [2.45, 2.75) is 59.0 Å². The van der Waals surface area contributed by atoms with E-state index in [1.165, 1.54) is 12.0 Å². The van der Waals surface area contributed by atoms with Crippen molar-refractivity contribution in [1.82, 2.24) is 0 Å². The second-order valence-corrected chi connectivity index (χ2v) is 6.81. The molecule has 1 fully saturated rings. The smallest absolute Gasteiger partial charge is 0.128 e. The fourth-order valence-corrected chi connectivity index (χ4v) is 3.48. The van der Waals surface area contributed by atoms with Gasteiger partial charge in [-0.05, 0) is 56.1 Å². The van der Waals surface area contributed by atoms with E-state index in [4.69, 9.17) is 4.74 Å². The van der Waals surface area contributed by atoms with Crippen LogP contribution in [0, 0.1) is 19.3 Å². The van der Waals surface area contributed by atoms with E-state index in [0.29, 0.717) is 0 Å². The minimum atomic E-state index is -0.744. The van der Waals surface area contributed by atoms with Crippen LogP contribution in [0.1, 0.15) is 56.2 Å². The van der Waals surface area contributed by atoms with E-state index in [1.54, 1.807) is 7.11 Å². The van der Waals surface area contributed by atoms with Crippen molar-refractivity contribution in [3.05, 3.63) is 28.8 Å². The Morgan fingerprint density at radius 2 is 1.84 bits per heavy atom. The van der Waals surface area contributed by atoms with E-state index in [9.17, 15) is 5.11 Å². The maximum absolute atomic E-state index is 11.1. The molecular weight excluding hydrogens is 236 g/mol. The first-order valence-corrected chi connectivity index (χ1v) is 7.16. The van der Waals surface area contributed by atoms with Crippen molar-refractivity contribution in [3.63, 3.8) is 0 Å². The molecule has 0 saturated heterocycles. The second kappa shape index (κ2) is 4.82. The van der Waals surface area contributed by atoms with E-state index >= 15 is 0 Å². The summed E-state index contributed by atoms with van der Waals surface area (Å²) in [5.41, 5.74) is 2.75. The van der Waals surface area contributed by atoms with Crippen LogP contribution in [0.4, 0.5) is 0 Å². The fourth-order valence-electron chi connectivity index (χ4n) is 3.48. The van der Waals surface area contributed by atoms with Crippen LogP contribution < -0.4 is 4.74 Å². The maximum Gasteiger partial charge on any atom is 0.128 e. The first-order valence-electron chi connectivity index (χ1n) is 7.16. The highest BCUT2D eigenvalue weighted by Crippen LogP contribution is 2.49. The lowest BCUT2D eigenvalue weighted by Gasteiger charge is -2.42. The molecule has 0 aliphatic heterocycles. The molecule has 1 unspecified atom stereocenters. The van der Waals surface area contributed by atoms with Gasteiger partial charge in [-0.1, -0.05) is 26.0 Å². The molecule has 1 aliphatic carbocycles. The summed E-state index contributed by atoms with van der Waals surface area (Å²) < 4.78 is 5.58. The first kappa shape index (κ1) is 14.4. The summed E-state index contributed by atoms with van der Waals surface area (Å²) >= 11 is 0. The molecule has 106 valence electrons. The summed E-state index contributed by atoms with van der Waals surface area (Å²) in [7, 11) is 1.70. The van der Waals surface area contributed by atoms with E-state index in [2.05, 4.69) is 33.8 Å². The zero-order valence-electron chi connectivity index (χ0n) is 12.8. The van der Waals surface area contributed by atoms with Gasteiger partial charge in [-0.3, -0.25) is 0 Å². The molecule has 1 aromatic rings. The minimum Gasteiger partial charge on any atom is -0.496 e. The van der Waals surface area contributed by atoms with E-state index in [0.717, 1.165) is 36.1 Å². The molecular formula is C17H26O2. The van der Waals surface area contributed by atoms with Crippen LogP contribution in [-0.2, 0) is 5.60 Å². The van der Waals surface area contributed by atoms with Crippen molar-refractivity contribution in [2.75, 3.05) is 7.11 Å². The Kier molecular flexibility index (Phi) is 3.65. The molecule has 1 atom stereocenters. The molecule has 0 bridgehead atoms. The zero-order valence-corrected chi connectivity index (χ0v) is 12.8. The number of benzene rings is 1. The maximum atomic E-state index is 11.1. The molecule has 19 heavy (non-hydrogen) atoms. The Labute approximate surface area is 116 Å². The van der Waals surface area contributed by atoms with Gasteiger partial charge in [0.25, 0.3) is 0 Å². The van der Waals surface area contributed by atoms with Crippen molar-refractivity contribution >= 4 is 0 Å². The van der Waals surface area contributed by atoms with Crippen molar-refractivity contribution in [3.8, 4) is 5.75 Å². The summed E-state index contributed by atoms with van der Waals surface area (Å²) in [6.45, 7) is 8.63. The minimum absolute atomic E-state index is 0.191. The zero-order chi connectivity index (χ0) is 14.3. The van der Waals surface area contributed by atoms with Gasteiger partial charge < -0.3 is 9.84 Å². The van der Waals surface area contributed by atoms with Crippen molar-refractivity contribution in [1.29, 1.82) is 0 Å². The third kappa shape index (κ3) is 2.64. The van der Waals surface area contributed by atoms with Gasteiger partial charge in [-0.15, -0.1) is 0 Å². The molecule has 2 nitrogen and oxygen atoms in total. The third-order valence-corrected chi connectivity index (χ3v) is 4.60. The van der Waals surface area contributed by atoms with E-state index in [-0.39, 0.29) is 5.41 Å². The molecule has 2 rings (SSSR count). The molecule has 0 aromatic heterocycles. The Morgan fingerprint density at radius 1 is 1.16 bits per heavy atom. The number of methoxy groups -OCH3 is 1. The Morgan fingerprint density at radius 3 is 2.42 bits per heavy atom. The van der Waals surface area contributed by atoms with E-state index < -0.39 is 5.60 Å². The molecule has 2 heteroatoms. The van der Waals surface area contributed by atoms with Crippen LogP contribution >= 0.6 is 0 Å². The lowest BCUT2D eigenvalue weighted by molar-refractivity contribution is -0.0455. The molecule has 0 spiro atoms. The molecule has 1 N–H and O–H groups in total. The van der Waals surface area contributed by atoms with Gasteiger partial charge >= 0.3 is 0 Å². The summed E-state index contributed by atoms with van der Waals surface area (Å²) in [4.78, 5) is 0. The van der Waals surface area contributed by atoms with Gasteiger partial charge in [-0.2, -0.15) is 0 Å². The van der Waals surface area contributed by atoms with Crippen molar-refractivity contribution < 1.29 is 9.84 Å². The summed E-state index contributed by atoms with van der Waals surface area (Å²) in [5.74, 6) is 0.861. The van der Waals surface area contributed by atoms with Gasteiger partial charge in [0, 0.05) is 5.56 Å². The molecule has 0 heterocycles. The van der Waals surface area contributed by atoms with Crippen LogP contribution in [0.25, 0.3) is 0 Å². The van der Waals surface area contributed by atoms with Crippen LogP contribution in [0.5, 0.6) is 5.75 Å². The van der Waals surface area contributed by atoms with E-state index in [1.807, 2.05) is 6.07 Å². The SMILES string of the molecule is COc1c(C2(O)CCCC(C)(C)C2)ccc(C)c1C. The number of ether oxygens (including phenoxy) is 1. The third-order valence-electron chi connectivity index (χ3n) is 4.60. The quantitative estimate of drug-likeness (QED) is 0.869. The molecule has 1 aliphatic rings. The highest BCUT2D eigenvalue weighted by molar-refractivity contribution is 5.48. The summed E-state index contributed by atoms with van der Waals surface area (Å²) in [5, 5.41) is 11.1. The summed E-state index contributed by atoms with van der Waals surface area (Å²) in [6.07, 6.45) is 3.89. The van der Waals surface area contributed by atoms with Crippen molar-refractivity contribution in [2.24, 2.45) is 5.41 Å². The van der Waals surface area contributed by atoms with Crippen LogP contribution in [0.2, 0.25) is 0 Å². The van der Waals surface area contributed by atoms with Crippen LogP contribution in [0.15, 0.2) is 12.1 Å². The highest BCUT2D eigenvalue weighted by atomic mass is 16.5. The topological polar surface area (TPSA) is 29.5 Å². The lowest BCUT2D eigenvalue weighted by Crippen LogP contribution is -2.37. The van der Waals surface area contributed by atoms with Gasteiger partial charge in [-0.25, -0.2) is 0 Å². The monoisotopic (exact) mass is 262 g/mol. The molecule has 0 radical (unpaired) electrons. The lowest BCUT2D eigenvalue weighted by atomic mass is 9.67. The molecule has 1 saturated carbocycles. The average Bonchev–Trinajstić information content (AvgIpc) is 2.30. The molecule has 0 amide bonds. The van der Waals surface area contributed by atoms with Crippen LogP contribution in [-0.4, -0.2) is 12.2 Å². The predicted octanol–water partition coefficient (Wildman–Crippen LogP) is 4.10. The average molecular weight is 262 g/mol. The number of hydrogen-bond donors (Lipinski definition) is 1. The predicted molar refractivity (Wildman–Crippen MR) is 78.6 cm³/mol. The number of rotatable bonds is 2. The first-order chi connectivity index (χ1) is 8.79. The summed E-state index contributed by atoms with van der Waals surface area (Å²) in [6, 6.07) is 4.13. The van der Waals surface area contributed by atoms with Gasteiger partial charge in [0.2, 0.25) is 0 Å². The van der Waals surface area contributed by atoms with Gasteiger partial charge in [0.15, 0.2) is 0 Å². The number of hydrogen-bond acceptors (Lipinski definition) is 2. The standard InChI is InChI=1S/C17H26O2/c1-12-7-8-14(15(19-5)13(12)2)17(18)10-6-9-16(3,4)11-17/h7-8,18H,6,9-11H2,1-5H3. The van der Waals surface area contributed by atoms with Gasteiger partial charge in [0.05, 0.1) is 12.7 Å². The van der Waals surface area contributed by atoms with Crippen LogP contribution in [0.3, 0.4) is 0 Å². The number of aryl methyl sites for hydroxylation is 1.